The number of piperazine rings is 1. The molecule has 1 saturated carbocycles. The molecule has 2 aliphatic rings. The van der Waals surface area contributed by atoms with Gasteiger partial charge in [0.15, 0.2) is 0 Å². The van der Waals surface area contributed by atoms with Crippen molar-refractivity contribution < 1.29 is 9.59 Å². The van der Waals surface area contributed by atoms with Gasteiger partial charge >= 0.3 is 0 Å². The van der Waals surface area contributed by atoms with Gasteiger partial charge in [-0.1, -0.05) is 13.3 Å². The van der Waals surface area contributed by atoms with Gasteiger partial charge in [0.1, 0.15) is 12.1 Å². The Morgan fingerprint density at radius 2 is 2.06 bits per heavy atom. The van der Waals surface area contributed by atoms with Crippen LogP contribution in [0.25, 0.3) is 0 Å². The molecule has 0 spiro atoms. The second kappa shape index (κ2) is 4.07. The lowest BCUT2D eigenvalue weighted by molar-refractivity contribution is -0.149. The summed E-state index contributed by atoms with van der Waals surface area (Å²) in [6.45, 7) is 5.74. The fraction of sp³-hybridized carbons (Fsp3) is 0.833. The Morgan fingerprint density at radius 1 is 1.38 bits per heavy atom. The van der Waals surface area contributed by atoms with Crippen molar-refractivity contribution in [1.82, 2.24) is 10.2 Å². The molecule has 1 N–H and O–H groups in total. The molecule has 1 saturated heterocycles. The minimum atomic E-state index is -0.355. The van der Waals surface area contributed by atoms with E-state index in [0.717, 1.165) is 19.3 Å². The van der Waals surface area contributed by atoms with Crippen LogP contribution in [0.15, 0.2) is 0 Å². The van der Waals surface area contributed by atoms with Crippen LogP contribution in [0.2, 0.25) is 0 Å². The summed E-state index contributed by atoms with van der Waals surface area (Å²) in [5.74, 6) is 0.680. The molecule has 1 heterocycles. The Morgan fingerprint density at radius 3 is 2.69 bits per heavy atom. The molecular formula is C12H20N2O2. The first kappa shape index (κ1) is 11.4. The Balaban J connectivity index is 2.07. The van der Waals surface area contributed by atoms with Crippen molar-refractivity contribution in [2.45, 2.75) is 58.2 Å². The molecule has 1 aliphatic carbocycles. The molecule has 4 heteroatoms. The van der Waals surface area contributed by atoms with Crippen LogP contribution in [0.5, 0.6) is 0 Å². The summed E-state index contributed by atoms with van der Waals surface area (Å²) in [6, 6.07) is -0.335. The highest BCUT2D eigenvalue weighted by Gasteiger charge is 2.49. The summed E-state index contributed by atoms with van der Waals surface area (Å²) in [7, 11) is 0. The maximum absolute atomic E-state index is 12.0. The van der Waals surface area contributed by atoms with E-state index in [0.29, 0.717) is 12.0 Å². The molecule has 4 unspecified atom stereocenters. The second-order valence-electron chi connectivity index (χ2n) is 5.00. The van der Waals surface area contributed by atoms with E-state index in [1.807, 2.05) is 11.8 Å². The average Bonchev–Trinajstić information content (AvgIpc) is 2.96. The van der Waals surface area contributed by atoms with E-state index in [9.17, 15) is 9.59 Å². The predicted octanol–water partition coefficient (Wildman–Crippen LogP) is 0.910. The molecule has 4 atom stereocenters. The lowest BCUT2D eigenvalue weighted by Gasteiger charge is -2.36. The van der Waals surface area contributed by atoms with Crippen LogP contribution in [0, 0.1) is 5.92 Å². The van der Waals surface area contributed by atoms with E-state index >= 15 is 0 Å². The molecule has 0 aromatic carbocycles. The number of hydrogen-bond donors (Lipinski definition) is 1. The molecule has 0 aromatic rings. The number of rotatable bonds is 3. The number of nitrogens with one attached hydrogen (secondary N) is 1. The van der Waals surface area contributed by atoms with Crippen molar-refractivity contribution in [2.24, 2.45) is 5.92 Å². The van der Waals surface area contributed by atoms with Crippen LogP contribution in [-0.2, 0) is 9.59 Å². The fourth-order valence-corrected chi connectivity index (χ4v) is 2.64. The first-order valence-electron chi connectivity index (χ1n) is 6.18. The monoisotopic (exact) mass is 224 g/mol. The first-order valence-corrected chi connectivity index (χ1v) is 6.18. The Labute approximate surface area is 96.4 Å². The topological polar surface area (TPSA) is 49.4 Å². The van der Waals surface area contributed by atoms with E-state index < -0.39 is 0 Å². The number of carbonyl (C=O) groups excluding carboxylic acids is 2. The minimum Gasteiger partial charge on any atom is -0.343 e. The van der Waals surface area contributed by atoms with Gasteiger partial charge in [-0.25, -0.2) is 0 Å². The van der Waals surface area contributed by atoms with Crippen LogP contribution in [0.4, 0.5) is 0 Å². The van der Waals surface area contributed by atoms with Gasteiger partial charge in [-0.3, -0.25) is 9.59 Å². The number of amides is 2. The Bertz CT molecular complexity index is 316. The lowest BCUT2D eigenvalue weighted by atomic mass is 10.1. The summed E-state index contributed by atoms with van der Waals surface area (Å²) < 4.78 is 0. The van der Waals surface area contributed by atoms with Crippen LogP contribution >= 0.6 is 0 Å². The van der Waals surface area contributed by atoms with Gasteiger partial charge in [0.25, 0.3) is 0 Å². The van der Waals surface area contributed by atoms with E-state index in [1.165, 1.54) is 0 Å². The zero-order valence-electron chi connectivity index (χ0n) is 10.2. The minimum absolute atomic E-state index is 0.0192. The van der Waals surface area contributed by atoms with Gasteiger partial charge in [0.05, 0.1) is 0 Å². The van der Waals surface area contributed by atoms with Crippen molar-refractivity contribution in [2.75, 3.05) is 0 Å². The fourth-order valence-electron chi connectivity index (χ4n) is 2.64. The quantitative estimate of drug-likeness (QED) is 0.774. The summed E-state index contributed by atoms with van der Waals surface area (Å²) in [4.78, 5) is 25.5. The molecular weight excluding hydrogens is 204 g/mol. The van der Waals surface area contributed by atoms with Gasteiger partial charge in [-0.15, -0.1) is 0 Å². The van der Waals surface area contributed by atoms with Crippen LogP contribution in [-0.4, -0.2) is 34.8 Å². The number of carbonyl (C=O) groups is 2. The van der Waals surface area contributed by atoms with Gasteiger partial charge in [0, 0.05) is 6.04 Å². The lowest BCUT2D eigenvalue weighted by Crippen LogP contribution is -2.62. The van der Waals surface area contributed by atoms with Gasteiger partial charge in [-0.05, 0) is 32.6 Å². The van der Waals surface area contributed by atoms with E-state index in [4.69, 9.17) is 0 Å². The van der Waals surface area contributed by atoms with Gasteiger partial charge in [-0.2, -0.15) is 0 Å². The highest BCUT2D eigenvalue weighted by molar-refractivity contribution is 5.96. The van der Waals surface area contributed by atoms with Crippen molar-refractivity contribution in [3.8, 4) is 0 Å². The molecule has 0 bridgehead atoms. The number of nitrogens with zero attached hydrogens (tertiary/aromatic N) is 1. The summed E-state index contributed by atoms with van der Waals surface area (Å²) in [5, 5.41) is 2.71. The predicted molar refractivity (Wildman–Crippen MR) is 60.7 cm³/mol. The van der Waals surface area contributed by atoms with Crippen LogP contribution < -0.4 is 5.32 Å². The van der Waals surface area contributed by atoms with E-state index in [-0.39, 0.29) is 23.9 Å². The van der Waals surface area contributed by atoms with Crippen LogP contribution in [0.3, 0.4) is 0 Å². The van der Waals surface area contributed by atoms with E-state index in [2.05, 4.69) is 12.2 Å². The molecule has 16 heavy (non-hydrogen) atoms. The maximum Gasteiger partial charge on any atom is 0.245 e. The summed E-state index contributed by atoms with van der Waals surface area (Å²) >= 11 is 0. The normalized spacial score (nSPS) is 38.6. The molecule has 0 aromatic heterocycles. The Kier molecular flexibility index (Phi) is 2.91. The third-order valence-electron chi connectivity index (χ3n) is 3.68. The maximum atomic E-state index is 12.0. The van der Waals surface area contributed by atoms with Crippen molar-refractivity contribution in [3.63, 3.8) is 0 Å². The standard InChI is InChI=1S/C12H20N2O2/c1-4-5-9-6-10(9)14-8(3)11(15)13-7(2)12(14)16/h7-10H,4-6H2,1-3H3,(H,13,15). The van der Waals surface area contributed by atoms with Crippen LogP contribution in [0.1, 0.15) is 40.0 Å². The average molecular weight is 224 g/mol. The smallest absolute Gasteiger partial charge is 0.245 e. The largest absolute Gasteiger partial charge is 0.343 e. The third kappa shape index (κ3) is 1.81. The highest BCUT2D eigenvalue weighted by atomic mass is 16.2. The highest BCUT2D eigenvalue weighted by Crippen LogP contribution is 2.41. The second-order valence-corrected chi connectivity index (χ2v) is 5.00. The zero-order chi connectivity index (χ0) is 11.9. The summed E-state index contributed by atoms with van der Waals surface area (Å²) in [6.07, 6.45) is 3.39. The zero-order valence-corrected chi connectivity index (χ0v) is 10.2. The molecule has 1 aliphatic heterocycles. The first-order chi connectivity index (χ1) is 7.56. The molecule has 0 radical (unpaired) electrons. The van der Waals surface area contributed by atoms with Gasteiger partial charge in [0.2, 0.25) is 11.8 Å². The molecule has 90 valence electrons. The van der Waals surface area contributed by atoms with Gasteiger partial charge < -0.3 is 10.2 Å². The van der Waals surface area contributed by atoms with Crippen molar-refractivity contribution >= 4 is 11.8 Å². The molecule has 2 fully saturated rings. The third-order valence-corrected chi connectivity index (χ3v) is 3.68. The molecule has 4 nitrogen and oxygen atoms in total. The summed E-state index contributed by atoms with van der Waals surface area (Å²) in [5.41, 5.74) is 0. The molecule has 2 rings (SSSR count). The SMILES string of the molecule is CCCC1CC1N1C(=O)C(C)NC(=O)C1C. The molecule has 2 amide bonds. The van der Waals surface area contributed by atoms with Crippen molar-refractivity contribution in [1.29, 1.82) is 0 Å². The van der Waals surface area contributed by atoms with Crippen molar-refractivity contribution in [3.05, 3.63) is 0 Å². The Hall–Kier alpha value is -1.06. The van der Waals surface area contributed by atoms with E-state index in [1.54, 1.807) is 6.92 Å². The number of hydrogen-bond acceptors (Lipinski definition) is 2.